The van der Waals surface area contributed by atoms with Crippen LogP contribution in [0.15, 0.2) is 16.5 Å². The lowest BCUT2D eigenvalue weighted by Gasteiger charge is -2.17. The van der Waals surface area contributed by atoms with Gasteiger partial charge in [0, 0.05) is 19.1 Å². The maximum atomic E-state index is 5.82. The quantitative estimate of drug-likeness (QED) is 0.759. The van der Waals surface area contributed by atoms with E-state index in [1.165, 1.54) is 12.8 Å². The first kappa shape index (κ1) is 13.6. The zero-order valence-electron chi connectivity index (χ0n) is 11.8. The summed E-state index contributed by atoms with van der Waals surface area (Å²) in [6, 6.07) is 4.92. The second kappa shape index (κ2) is 6.36. The van der Waals surface area contributed by atoms with Crippen molar-refractivity contribution >= 4 is 0 Å². The number of furan rings is 1. The van der Waals surface area contributed by atoms with E-state index in [4.69, 9.17) is 4.42 Å². The third-order valence-corrected chi connectivity index (χ3v) is 3.21. The molecule has 4 nitrogen and oxygen atoms in total. The van der Waals surface area contributed by atoms with Crippen molar-refractivity contribution in [3.8, 4) is 0 Å². The molecule has 1 aromatic rings. The molecule has 0 amide bonds. The average Bonchev–Trinajstić information content (AvgIpc) is 3.05. The molecule has 1 aliphatic rings. The third kappa shape index (κ3) is 4.80. The SMILES string of the molecule is CN(C)CCN(C)Cc1ccc(CNC2CC2)o1. The molecule has 0 bridgehead atoms. The number of rotatable bonds is 8. The van der Waals surface area contributed by atoms with E-state index in [-0.39, 0.29) is 0 Å². The summed E-state index contributed by atoms with van der Waals surface area (Å²) < 4.78 is 5.82. The molecule has 1 saturated carbocycles. The molecule has 0 saturated heterocycles. The van der Waals surface area contributed by atoms with Gasteiger partial charge >= 0.3 is 0 Å². The summed E-state index contributed by atoms with van der Waals surface area (Å²) in [7, 11) is 6.33. The van der Waals surface area contributed by atoms with Gasteiger partial charge in [-0.25, -0.2) is 0 Å². The van der Waals surface area contributed by atoms with Crippen molar-refractivity contribution in [2.24, 2.45) is 0 Å². The van der Waals surface area contributed by atoms with Crippen LogP contribution in [0.2, 0.25) is 0 Å². The van der Waals surface area contributed by atoms with Crippen molar-refractivity contribution in [1.82, 2.24) is 15.1 Å². The van der Waals surface area contributed by atoms with Gasteiger partial charge in [-0.05, 0) is 46.1 Å². The monoisotopic (exact) mass is 251 g/mol. The summed E-state index contributed by atoms with van der Waals surface area (Å²) in [5, 5.41) is 3.47. The van der Waals surface area contributed by atoms with Crippen LogP contribution in [0.1, 0.15) is 24.4 Å². The molecule has 0 aromatic carbocycles. The smallest absolute Gasteiger partial charge is 0.118 e. The van der Waals surface area contributed by atoms with Gasteiger partial charge in [-0.1, -0.05) is 0 Å². The Morgan fingerprint density at radius 2 is 1.89 bits per heavy atom. The molecule has 1 heterocycles. The van der Waals surface area contributed by atoms with E-state index in [0.29, 0.717) is 0 Å². The average molecular weight is 251 g/mol. The van der Waals surface area contributed by atoms with E-state index in [1.54, 1.807) is 0 Å². The highest BCUT2D eigenvalue weighted by molar-refractivity contribution is 5.07. The van der Waals surface area contributed by atoms with Gasteiger partial charge in [0.2, 0.25) is 0 Å². The molecule has 0 aliphatic heterocycles. The van der Waals surface area contributed by atoms with Crippen molar-refractivity contribution < 1.29 is 4.42 Å². The lowest BCUT2D eigenvalue weighted by atomic mass is 10.4. The molecule has 1 N–H and O–H groups in total. The van der Waals surface area contributed by atoms with Crippen molar-refractivity contribution in [2.45, 2.75) is 32.0 Å². The number of nitrogens with one attached hydrogen (secondary N) is 1. The van der Waals surface area contributed by atoms with Gasteiger partial charge in [0.1, 0.15) is 11.5 Å². The predicted molar refractivity (Wildman–Crippen MR) is 73.5 cm³/mol. The van der Waals surface area contributed by atoms with Crippen LogP contribution < -0.4 is 5.32 Å². The minimum absolute atomic E-state index is 0.737. The molecule has 0 radical (unpaired) electrons. The van der Waals surface area contributed by atoms with Gasteiger partial charge in [-0.3, -0.25) is 4.90 Å². The van der Waals surface area contributed by atoms with Crippen LogP contribution in [-0.4, -0.2) is 50.1 Å². The molecule has 0 spiro atoms. The number of hydrogen-bond donors (Lipinski definition) is 1. The van der Waals surface area contributed by atoms with Gasteiger partial charge in [0.05, 0.1) is 13.1 Å². The van der Waals surface area contributed by atoms with Crippen LogP contribution in [0, 0.1) is 0 Å². The molecule has 4 heteroatoms. The van der Waals surface area contributed by atoms with E-state index in [1.807, 2.05) is 0 Å². The van der Waals surface area contributed by atoms with E-state index in [0.717, 1.165) is 43.7 Å². The minimum atomic E-state index is 0.737. The summed E-state index contributed by atoms with van der Waals surface area (Å²) >= 11 is 0. The topological polar surface area (TPSA) is 31.6 Å². The van der Waals surface area contributed by atoms with Crippen LogP contribution in [0.5, 0.6) is 0 Å². The first-order valence-corrected chi connectivity index (χ1v) is 6.78. The zero-order chi connectivity index (χ0) is 13.0. The second-order valence-corrected chi connectivity index (χ2v) is 5.56. The Kier molecular flexibility index (Phi) is 4.80. The largest absolute Gasteiger partial charge is 0.463 e. The van der Waals surface area contributed by atoms with Crippen molar-refractivity contribution in [3.63, 3.8) is 0 Å². The van der Waals surface area contributed by atoms with Gasteiger partial charge in [0.25, 0.3) is 0 Å². The number of nitrogens with zero attached hydrogens (tertiary/aromatic N) is 2. The first-order chi connectivity index (χ1) is 8.63. The molecule has 0 atom stereocenters. The summed E-state index contributed by atoms with van der Waals surface area (Å²) in [6.45, 7) is 3.89. The lowest BCUT2D eigenvalue weighted by molar-refractivity contribution is 0.255. The minimum Gasteiger partial charge on any atom is -0.463 e. The Balaban J connectivity index is 1.71. The molecule has 0 unspecified atom stereocenters. The molecule has 1 aromatic heterocycles. The second-order valence-electron chi connectivity index (χ2n) is 5.56. The maximum Gasteiger partial charge on any atom is 0.118 e. The van der Waals surface area contributed by atoms with Crippen molar-refractivity contribution in [3.05, 3.63) is 23.7 Å². The van der Waals surface area contributed by atoms with Gasteiger partial charge < -0.3 is 14.6 Å². The summed E-state index contributed by atoms with van der Waals surface area (Å²) in [6.07, 6.45) is 2.64. The van der Waals surface area contributed by atoms with E-state index >= 15 is 0 Å². The number of likely N-dealkylation sites (N-methyl/N-ethyl adjacent to an activating group) is 2. The van der Waals surface area contributed by atoms with E-state index in [9.17, 15) is 0 Å². The van der Waals surface area contributed by atoms with Gasteiger partial charge in [-0.2, -0.15) is 0 Å². The van der Waals surface area contributed by atoms with E-state index in [2.05, 4.69) is 48.4 Å². The number of hydrogen-bond acceptors (Lipinski definition) is 4. The Hall–Kier alpha value is -0.840. The fourth-order valence-electron chi connectivity index (χ4n) is 1.85. The lowest BCUT2D eigenvalue weighted by Crippen LogP contribution is -2.28. The summed E-state index contributed by atoms with van der Waals surface area (Å²) in [4.78, 5) is 4.49. The van der Waals surface area contributed by atoms with Crippen LogP contribution in [-0.2, 0) is 13.1 Å². The Morgan fingerprint density at radius 1 is 1.17 bits per heavy atom. The highest BCUT2D eigenvalue weighted by atomic mass is 16.3. The van der Waals surface area contributed by atoms with Gasteiger partial charge in [0.15, 0.2) is 0 Å². The Labute approximate surface area is 110 Å². The fourth-order valence-corrected chi connectivity index (χ4v) is 1.85. The zero-order valence-corrected chi connectivity index (χ0v) is 11.8. The predicted octanol–water partition coefficient (Wildman–Crippen LogP) is 1.52. The van der Waals surface area contributed by atoms with Crippen LogP contribution >= 0.6 is 0 Å². The van der Waals surface area contributed by atoms with E-state index < -0.39 is 0 Å². The fraction of sp³-hybridized carbons (Fsp3) is 0.714. The van der Waals surface area contributed by atoms with Crippen LogP contribution in [0.3, 0.4) is 0 Å². The van der Waals surface area contributed by atoms with Gasteiger partial charge in [-0.15, -0.1) is 0 Å². The summed E-state index contributed by atoms with van der Waals surface area (Å²) in [5.41, 5.74) is 0. The molecule has 1 fully saturated rings. The normalized spacial score (nSPS) is 15.8. The third-order valence-electron chi connectivity index (χ3n) is 3.21. The molecular weight excluding hydrogens is 226 g/mol. The molecule has 102 valence electrons. The van der Waals surface area contributed by atoms with Crippen LogP contribution in [0.4, 0.5) is 0 Å². The van der Waals surface area contributed by atoms with Crippen LogP contribution in [0.25, 0.3) is 0 Å². The first-order valence-electron chi connectivity index (χ1n) is 6.78. The molecule has 18 heavy (non-hydrogen) atoms. The maximum absolute atomic E-state index is 5.82. The molecule has 2 rings (SSSR count). The molecule has 1 aliphatic carbocycles. The van der Waals surface area contributed by atoms with Crippen molar-refractivity contribution in [1.29, 1.82) is 0 Å². The highest BCUT2D eigenvalue weighted by Gasteiger charge is 2.20. The Bertz CT molecular complexity index is 358. The Morgan fingerprint density at radius 3 is 2.56 bits per heavy atom. The molecular formula is C14H25N3O. The standard InChI is InChI=1S/C14H25N3O/c1-16(2)8-9-17(3)11-14-7-6-13(18-14)10-15-12-4-5-12/h6-7,12,15H,4-5,8-11H2,1-3H3. The highest BCUT2D eigenvalue weighted by Crippen LogP contribution is 2.19. The van der Waals surface area contributed by atoms with Crippen molar-refractivity contribution in [2.75, 3.05) is 34.2 Å². The summed E-state index contributed by atoms with van der Waals surface area (Å²) in [5.74, 6) is 2.11.